The van der Waals surface area contributed by atoms with Crippen LogP contribution in [0.1, 0.15) is 0 Å². The molecule has 0 radical (unpaired) electrons. The van der Waals surface area contributed by atoms with Gasteiger partial charge in [-0.3, -0.25) is 0 Å². The number of benzene rings is 1. The van der Waals surface area contributed by atoms with E-state index in [0.717, 1.165) is 11.4 Å². The first-order valence-corrected chi connectivity index (χ1v) is 6.40. The molecule has 2 aromatic rings. The lowest BCUT2D eigenvalue weighted by atomic mass is 10.2. The molecule has 6 heteroatoms. The molecule has 0 saturated carbocycles. The SMILES string of the molecule is OC(CCl)CNc1cccc(Cl)c1-n1cccn1. The molecular formula is C12H13Cl2N3O. The van der Waals surface area contributed by atoms with E-state index in [1.165, 1.54) is 0 Å². The molecule has 0 fully saturated rings. The van der Waals surface area contributed by atoms with E-state index in [4.69, 9.17) is 23.2 Å². The molecule has 1 aromatic heterocycles. The summed E-state index contributed by atoms with van der Waals surface area (Å²) in [6, 6.07) is 7.33. The van der Waals surface area contributed by atoms with Gasteiger partial charge in [-0.1, -0.05) is 17.7 Å². The lowest BCUT2D eigenvalue weighted by Crippen LogP contribution is -2.21. The Hall–Kier alpha value is -1.23. The predicted molar refractivity (Wildman–Crippen MR) is 73.8 cm³/mol. The van der Waals surface area contributed by atoms with Crippen LogP contribution in [0.15, 0.2) is 36.7 Å². The second-order valence-electron chi connectivity index (χ2n) is 3.78. The maximum absolute atomic E-state index is 9.46. The monoisotopic (exact) mass is 285 g/mol. The van der Waals surface area contributed by atoms with Crippen LogP contribution < -0.4 is 5.32 Å². The summed E-state index contributed by atoms with van der Waals surface area (Å²) in [7, 11) is 0. The van der Waals surface area contributed by atoms with Crippen molar-refractivity contribution in [3.05, 3.63) is 41.7 Å². The molecule has 0 aliphatic carbocycles. The van der Waals surface area contributed by atoms with Gasteiger partial charge in [0, 0.05) is 18.9 Å². The Bertz CT molecular complexity index is 502. The Balaban J connectivity index is 2.27. The Morgan fingerprint density at radius 1 is 1.39 bits per heavy atom. The van der Waals surface area contributed by atoms with Gasteiger partial charge < -0.3 is 10.4 Å². The molecule has 4 nitrogen and oxygen atoms in total. The van der Waals surface area contributed by atoms with Gasteiger partial charge >= 0.3 is 0 Å². The minimum absolute atomic E-state index is 0.185. The molecule has 1 unspecified atom stereocenters. The maximum Gasteiger partial charge on any atom is 0.106 e. The fraction of sp³-hybridized carbons (Fsp3) is 0.250. The zero-order valence-corrected chi connectivity index (χ0v) is 11.1. The number of hydrogen-bond acceptors (Lipinski definition) is 3. The van der Waals surface area contributed by atoms with E-state index in [-0.39, 0.29) is 5.88 Å². The van der Waals surface area contributed by atoms with Crippen LogP contribution >= 0.6 is 23.2 Å². The van der Waals surface area contributed by atoms with Crippen molar-refractivity contribution in [3.63, 3.8) is 0 Å². The Kier molecular flexibility index (Phi) is 4.47. The molecule has 0 spiro atoms. The van der Waals surface area contributed by atoms with Crippen LogP contribution in [-0.2, 0) is 0 Å². The smallest absolute Gasteiger partial charge is 0.106 e. The average Bonchev–Trinajstić information content (AvgIpc) is 2.89. The summed E-state index contributed by atoms with van der Waals surface area (Å²) >= 11 is 11.7. The number of aliphatic hydroxyl groups is 1. The molecule has 0 bridgehead atoms. The van der Waals surface area contributed by atoms with Gasteiger partial charge in [0.1, 0.15) is 5.69 Å². The number of alkyl halides is 1. The van der Waals surface area contributed by atoms with Crippen LogP contribution in [0.25, 0.3) is 5.69 Å². The quantitative estimate of drug-likeness (QED) is 0.830. The van der Waals surface area contributed by atoms with E-state index in [1.54, 1.807) is 16.9 Å². The van der Waals surface area contributed by atoms with Crippen molar-refractivity contribution in [2.24, 2.45) is 0 Å². The number of hydrogen-bond donors (Lipinski definition) is 2. The molecular weight excluding hydrogens is 273 g/mol. The summed E-state index contributed by atoms with van der Waals surface area (Å²) in [5, 5.41) is 17.3. The molecule has 0 aliphatic rings. The van der Waals surface area contributed by atoms with E-state index in [0.29, 0.717) is 11.6 Å². The highest BCUT2D eigenvalue weighted by molar-refractivity contribution is 6.33. The number of nitrogens with zero attached hydrogens (tertiary/aromatic N) is 2. The number of anilines is 1. The van der Waals surface area contributed by atoms with E-state index in [9.17, 15) is 5.11 Å². The predicted octanol–water partition coefficient (Wildman–Crippen LogP) is 2.54. The van der Waals surface area contributed by atoms with E-state index in [2.05, 4.69) is 10.4 Å². The highest BCUT2D eigenvalue weighted by atomic mass is 35.5. The van der Waals surface area contributed by atoms with Gasteiger partial charge in [-0.15, -0.1) is 11.6 Å². The lowest BCUT2D eigenvalue weighted by Gasteiger charge is -2.15. The number of aromatic nitrogens is 2. The number of para-hydroxylation sites is 1. The first kappa shape index (κ1) is 13.2. The third kappa shape index (κ3) is 2.96. The molecule has 96 valence electrons. The summed E-state index contributed by atoms with van der Waals surface area (Å²) in [6.07, 6.45) is 2.89. The van der Waals surface area contributed by atoms with Gasteiger partial charge in [0.25, 0.3) is 0 Å². The van der Waals surface area contributed by atoms with E-state index < -0.39 is 6.10 Å². The minimum atomic E-state index is -0.601. The van der Waals surface area contributed by atoms with Gasteiger partial charge in [0.05, 0.1) is 22.7 Å². The molecule has 1 aromatic carbocycles. The third-order valence-electron chi connectivity index (χ3n) is 2.43. The highest BCUT2D eigenvalue weighted by Gasteiger charge is 2.10. The molecule has 1 heterocycles. The van der Waals surface area contributed by atoms with Gasteiger partial charge in [-0.05, 0) is 18.2 Å². The standard InChI is InChI=1S/C12H13Cl2N3O/c13-7-9(18)8-15-11-4-1-3-10(14)12(11)17-6-2-5-16-17/h1-6,9,15,18H,7-8H2. The summed E-state index contributed by atoms with van der Waals surface area (Å²) < 4.78 is 1.68. The Morgan fingerprint density at radius 2 is 2.22 bits per heavy atom. The summed E-state index contributed by atoms with van der Waals surface area (Å²) in [4.78, 5) is 0. The van der Waals surface area contributed by atoms with Crippen LogP contribution in [0.5, 0.6) is 0 Å². The number of nitrogens with one attached hydrogen (secondary N) is 1. The van der Waals surface area contributed by atoms with Crippen LogP contribution in [0.3, 0.4) is 0 Å². The summed E-state index contributed by atoms with van der Waals surface area (Å²) in [6.45, 7) is 0.359. The maximum atomic E-state index is 9.46. The highest BCUT2D eigenvalue weighted by Crippen LogP contribution is 2.27. The second kappa shape index (κ2) is 6.09. The molecule has 1 atom stereocenters. The van der Waals surface area contributed by atoms with Crippen molar-refractivity contribution >= 4 is 28.9 Å². The minimum Gasteiger partial charge on any atom is -0.390 e. The fourth-order valence-corrected chi connectivity index (χ4v) is 1.94. The topological polar surface area (TPSA) is 50.1 Å². The lowest BCUT2D eigenvalue weighted by molar-refractivity contribution is 0.211. The van der Waals surface area contributed by atoms with Gasteiger partial charge in [-0.25, -0.2) is 4.68 Å². The van der Waals surface area contributed by atoms with Crippen molar-refractivity contribution < 1.29 is 5.11 Å². The normalized spacial score (nSPS) is 12.4. The molecule has 0 aliphatic heterocycles. The first-order chi connectivity index (χ1) is 8.72. The molecule has 2 rings (SSSR count). The molecule has 2 N–H and O–H groups in total. The third-order valence-corrected chi connectivity index (χ3v) is 3.09. The van der Waals surface area contributed by atoms with E-state index >= 15 is 0 Å². The van der Waals surface area contributed by atoms with Gasteiger partial charge in [-0.2, -0.15) is 5.10 Å². The molecule has 0 amide bonds. The van der Waals surface area contributed by atoms with Crippen molar-refractivity contribution in [1.82, 2.24) is 9.78 Å². The zero-order chi connectivity index (χ0) is 13.0. The van der Waals surface area contributed by atoms with Crippen LogP contribution in [0.2, 0.25) is 5.02 Å². The van der Waals surface area contributed by atoms with Gasteiger partial charge in [0.15, 0.2) is 0 Å². The number of halogens is 2. The fourth-order valence-electron chi connectivity index (χ4n) is 1.57. The summed E-state index contributed by atoms with van der Waals surface area (Å²) in [5.41, 5.74) is 1.56. The van der Waals surface area contributed by atoms with Crippen molar-refractivity contribution in [3.8, 4) is 5.69 Å². The number of aliphatic hydroxyl groups excluding tert-OH is 1. The average molecular weight is 286 g/mol. The van der Waals surface area contributed by atoms with Crippen molar-refractivity contribution in [2.75, 3.05) is 17.7 Å². The van der Waals surface area contributed by atoms with Gasteiger partial charge in [0.2, 0.25) is 0 Å². The summed E-state index contributed by atoms with van der Waals surface area (Å²) in [5.74, 6) is 0.185. The number of rotatable bonds is 5. The van der Waals surface area contributed by atoms with Crippen LogP contribution in [0, 0.1) is 0 Å². The first-order valence-electron chi connectivity index (χ1n) is 5.49. The largest absolute Gasteiger partial charge is 0.390 e. The molecule has 18 heavy (non-hydrogen) atoms. The molecule has 0 saturated heterocycles. The van der Waals surface area contributed by atoms with E-state index in [1.807, 2.05) is 24.4 Å². The Labute approximate surface area is 115 Å². The van der Waals surface area contributed by atoms with Crippen molar-refractivity contribution in [2.45, 2.75) is 6.10 Å². The Morgan fingerprint density at radius 3 is 2.89 bits per heavy atom. The van der Waals surface area contributed by atoms with Crippen molar-refractivity contribution in [1.29, 1.82) is 0 Å². The zero-order valence-electron chi connectivity index (χ0n) is 9.55. The van der Waals surface area contributed by atoms with Crippen LogP contribution in [-0.4, -0.2) is 33.4 Å². The second-order valence-corrected chi connectivity index (χ2v) is 4.49. The van der Waals surface area contributed by atoms with Crippen LogP contribution in [0.4, 0.5) is 5.69 Å².